The van der Waals surface area contributed by atoms with Crippen LogP contribution in [0.25, 0.3) is 0 Å². The molecule has 3 unspecified atom stereocenters. The minimum Gasteiger partial charge on any atom is -0.462 e. The van der Waals surface area contributed by atoms with Gasteiger partial charge >= 0.3 is 5.97 Å². The lowest BCUT2D eigenvalue weighted by Crippen LogP contribution is -2.40. The fraction of sp³-hybridized carbons (Fsp3) is 0.917. The van der Waals surface area contributed by atoms with Gasteiger partial charge < -0.3 is 20.3 Å². The van der Waals surface area contributed by atoms with Crippen LogP contribution >= 0.6 is 0 Å². The van der Waals surface area contributed by atoms with E-state index < -0.39 is 11.6 Å². The highest BCUT2D eigenvalue weighted by molar-refractivity contribution is 5.70. The lowest BCUT2D eigenvalue weighted by molar-refractivity contribution is -0.163. The van der Waals surface area contributed by atoms with Gasteiger partial charge in [0, 0.05) is 19.4 Å². The zero-order valence-electron chi connectivity index (χ0n) is 10.8. The summed E-state index contributed by atoms with van der Waals surface area (Å²) in [5, 5.41) is 9.68. The molecule has 5 nitrogen and oxygen atoms in total. The Morgan fingerprint density at radius 2 is 2.00 bits per heavy atom. The fourth-order valence-corrected chi connectivity index (χ4v) is 2.05. The van der Waals surface area contributed by atoms with Gasteiger partial charge in [-0.2, -0.15) is 0 Å². The molecule has 17 heavy (non-hydrogen) atoms. The second-order valence-corrected chi connectivity index (χ2v) is 5.22. The van der Waals surface area contributed by atoms with Gasteiger partial charge in [0.15, 0.2) is 0 Å². The Kier molecular flexibility index (Phi) is 4.91. The van der Waals surface area contributed by atoms with Crippen molar-refractivity contribution in [1.82, 2.24) is 0 Å². The summed E-state index contributed by atoms with van der Waals surface area (Å²) in [6.45, 7) is 5.51. The van der Waals surface area contributed by atoms with Crippen LogP contribution in [-0.2, 0) is 14.3 Å². The summed E-state index contributed by atoms with van der Waals surface area (Å²) < 4.78 is 10.9. The van der Waals surface area contributed by atoms with Gasteiger partial charge in [0.25, 0.3) is 0 Å². The SMILES string of the molecule is CC1CC(OC(=O)CC(C)(O)CN)CC(C)O1. The number of ether oxygens (including phenoxy) is 2. The average Bonchev–Trinajstić information content (AvgIpc) is 2.14. The molecule has 0 radical (unpaired) electrons. The van der Waals surface area contributed by atoms with Gasteiger partial charge in [-0.15, -0.1) is 0 Å². The molecule has 1 fully saturated rings. The number of hydrogen-bond donors (Lipinski definition) is 2. The number of carbonyl (C=O) groups excluding carboxylic acids is 1. The number of rotatable bonds is 4. The van der Waals surface area contributed by atoms with E-state index in [1.807, 2.05) is 13.8 Å². The summed E-state index contributed by atoms with van der Waals surface area (Å²) in [5.41, 5.74) is 4.17. The van der Waals surface area contributed by atoms with Crippen LogP contribution < -0.4 is 5.73 Å². The second-order valence-electron chi connectivity index (χ2n) is 5.22. The van der Waals surface area contributed by atoms with Crippen molar-refractivity contribution in [1.29, 1.82) is 0 Å². The monoisotopic (exact) mass is 245 g/mol. The Morgan fingerprint density at radius 1 is 1.47 bits per heavy atom. The van der Waals surface area contributed by atoms with Crippen LogP contribution in [0.1, 0.15) is 40.0 Å². The number of esters is 1. The van der Waals surface area contributed by atoms with Crippen LogP contribution in [0.15, 0.2) is 0 Å². The quantitative estimate of drug-likeness (QED) is 0.708. The molecule has 0 aromatic carbocycles. The highest BCUT2D eigenvalue weighted by Crippen LogP contribution is 2.22. The summed E-state index contributed by atoms with van der Waals surface area (Å²) in [7, 11) is 0. The van der Waals surface area contributed by atoms with Crippen molar-refractivity contribution in [2.24, 2.45) is 5.73 Å². The molecule has 0 amide bonds. The van der Waals surface area contributed by atoms with Crippen molar-refractivity contribution in [3.63, 3.8) is 0 Å². The van der Waals surface area contributed by atoms with E-state index in [4.69, 9.17) is 15.2 Å². The Bertz CT molecular complexity index is 257. The third-order valence-electron chi connectivity index (χ3n) is 2.92. The van der Waals surface area contributed by atoms with E-state index >= 15 is 0 Å². The first kappa shape index (κ1) is 14.4. The van der Waals surface area contributed by atoms with Crippen LogP contribution in [0.4, 0.5) is 0 Å². The Morgan fingerprint density at radius 3 is 2.47 bits per heavy atom. The predicted octanol–water partition coefficient (Wildman–Crippen LogP) is 0.585. The number of hydrogen-bond acceptors (Lipinski definition) is 5. The summed E-state index contributed by atoms with van der Waals surface area (Å²) in [6, 6.07) is 0. The molecule has 0 aliphatic carbocycles. The van der Waals surface area contributed by atoms with Crippen LogP contribution in [0.5, 0.6) is 0 Å². The van der Waals surface area contributed by atoms with Gasteiger partial charge in [0.2, 0.25) is 0 Å². The van der Waals surface area contributed by atoms with Gasteiger partial charge in [-0.3, -0.25) is 4.79 Å². The molecular weight excluding hydrogens is 222 g/mol. The Labute approximate surface area is 102 Å². The summed E-state index contributed by atoms with van der Waals surface area (Å²) in [6.07, 6.45) is 1.44. The van der Waals surface area contributed by atoms with E-state index in [1.54, 1.807) is 0 Å². The van der Waals surface area contributed by atoms with E-state index in [9.17, 15) is 9.90 Å². The zero-order valence-corrected chi connectivity index (χ0v) is 10.8. The molecule has 0 aromatic rings. The maximum Gasteiger partial charge on any atom is 0.309 e. The van der Waals surface area contributed by atoms with Gasteiger partial charge in [-0.05, 0) is 20.8 Å². The van der Waals surface area contributed by atoms with Crippen molar-refractivity contribution in [2.45, 2.75) is 63.9 Å². The molecule has 0 bridgehead atoms. The van der Waals surface area contributed by atoms with E-state index in [-0.39, 0.29) is 31.3 Å². The van der Waals surface area contributed by atoms with Crippen LogP contribution in [0, 0.1) is 0 Å². The van der Waals surface area contributed by atoms with Crippen LogP contribution in [0.3, 0.4) is 0 Å². The summed E-state index contributed by atoms with van der Waals surface area (Å²) in [4.78, 5) is 11.6. The van der Waals surface area contributed by atoms with Crippen LogP contribution in [-0.4, -0.2) is 41.5 Å². The number of nitrogens with two attached hydrogens (primary N) is 1. The van der Waals surface area contributed by atoms with Crippen LogP contribution in [0.2, 0.25) is 0 Å². The Hall–Kier alpha value is -0.650. The molecule has 5 heteroatoms. The number of aliphatic hydroxyl groups is 1. The fourth-order valence-electron chi connectivity index (χ4n) is 2.05. The molecule has 100 valence electrons. The zero-order chi connectivity index (χ0) is 13.1. The van der Waals surface area contributed by atoms with Crippen molar-refractivity contribution >= 4 is 5.97 Å². The van der Waals surface area contributed by atoms with Crippen molar-refractivity contribution in [3.05, 3.63) is 0 Å². The molecule has 0 saturated carbocycles. The molecule has 1 aliphatic heterocycles. The smallest absolute Gasteiger partial charge is 0.309 e. The third-order valence-corrected chi connectivity index (χ3v) is 2.92. The van der Waals surface area contributed by atoms with E-state index in [0.717, 1.165) is 0 Å². The van der Waals surface area contributed by atoms with Gasteiger partial charge in [-0.25, -0.2) is 0 Å². The topological polar surface area (TPSA) is 81.8 Å². The molecule has 0 aromatic heterocycles. The maximum atomic E-state index is 11.6. The van der Waals surface area contributed by atoms with E-state index in [1.165, 1.54) is 6.92 Å². The molecule has 1 heterocycles. The highest BCUT2D eigenvalue weighted by Gasteiger charge is 2.29. The summed E-state index contributed by atoms with van der Waals surface area (Å²) in [5.74, 6) is -0.397. The maximum absolute atomic E-state index is 11.6. The third kappa shape index (κ3) is 5.02. The van der Waals surface area contributed by atoms with Gasteiger partial charge in [-0.1, -0.05) is 0 Å². The molecule has 0 spiro atoms. The van der Waals surface area contributed by atoms with E-state index in [2.05, 4.69) is 0 Å². The van der Waals surface area contributed by atoms with Crippen molar-refractivity contribution in [3.8, 4) is 0 Å². The minimum atomic E-state index is -1.18. The molecule has 1 rings (SSSR count). The lowest BCUT2D eigenvalue weighted by atomic mass is 10.0. The first-order valence-corrected chi connectivity index (χ1v) is 6.10. The second kappa shape index (κ2) is 5.80. The van der Waals surface area contributed by atoms with Gasteiger partial charge in [0.05, 0.1) is 24.2 Å². The Balaban J connectivity index is 2.40. The van der Waals surface area contributed by atoms with Gasteiger partial charge in [0.1, 0.15) is 6.10 Å². The highest BCUT2D eigenvalue weighted by atomic mass is 16.6. The van der Waals surface area contributed by atoms with E-state index in [0.29, 0.717) is 12.8 Å². The first-order valence-electron chi connectivity index (χ1n) is 6.10. The molecular formula is C12H23NO4. The average molecular weight is 245 g/mol. The predicted molar refractivity (Wildman–Crippen MR) is 63.4 cm³/mol. The largest absolute Gasteiger partial charge is 0.462 e. The first-order chi connectivity index (χ1) is 7.82. The molecule has 3 N–H and O–H groups in total. The molecule has 1 aliphatic rings. The minimum absolute atomic E-state index is 0.0443. The molecule has 1 saturated heterocycles. The lowest BCUT2D eigenvalue weighted by Gasteiger charge is -2.32. The summed E-state index contributed by atoms with van der Waals surface area (Å²) >= 11 is 0. The number of carbonyl (C=O) groups is 1. The molecule has 3 atom stereocenters. The standard InChI is InChI=1S/C12H23NO4/c1-8-4-10(5-9(2)16-8)17-11(14)6-12(3,15)7-13/h8-10,15H,4-7,13H2,1-3H3. The normalized spacial score (nSPS) is 32.9. The van der Waals surface area contributed by atoms with Crippen molar-refractivity contribution < 1.29 is 19.4 Å². The van der Waals surface area contributed by atoms with Crippen molar-refractivity contribution in [2.75, 3.05) is 6.54 Å².